The van der Waals surface area contributed by atoms with E-state index in [1.807, 2.05) is 0 Å². The second kappa shape index (κ2) is 6.18. The third kappa shape index (κ3) is 3.64. The summed E-state index contributed by atoms with van der Waals surface area (Å²) in [5.41, 5.74) is -0.0798. The van der Waals surface area contributed by atoms with Crippen molar-refractivity contribution in [3.8, 4) is 12.3 Å². The van der Waals surface area contributed by atoms with Gasteiger partial charge in [-0.15, -0.1) is 6.42 Å². The number of benzene rings is 1. The van der Waals surface area contributed by atoms with Crippen LogP contribution >= 0.6 is 15.9 Å². The smallest absolute Gasteiger partial charge is 0.335 e. The molecule has 112 valence electrons. The van der Waals surface area contributed by atoms with Crippen molar-refractivity contribution in [3.63, 3.8) is 0 Å². The number of aromatic carboxylic acids is 1. The molecular weight excluding hydrogens is 358 g/mol. The summed E-state index contributed by atoms with van der Waals surface area (Å²) in [4.78, 5) is 10.9. The molecule has 0 saturated heterocycles. The number of carboxylic acids is 1. The first-order valence-corrected chi connectivity index (χ1v) is 8.56. The van der Waals surface area contributed by atoms with Crippen molar-refractivity contribution >= 4 is 31.9 Å². The minimum atomic E-state index is -3.82. The van der Waals surface area contributed by atoms with Crippen LogP contribution in [0.4, 0.5) is 0 Å². The van der Waals surface area contributed by atoms with Gasteiger partial charge in [0.1, 0.15) is 0 Å². The van der Waals surface area contributed by atoms with Crippen LogP contribution in [-0.2, 0) is 10.0 Å². The summed E-state index contributed by atoms with van der Waals surface area (Å²) >= 11 is 3.17. The van der Waals surface area contributed by atoms with E-state index in [2.05, 4.69) is 21.9 Å². The van der Waals surface area contributed by atoms with Gasteiger partial charge in [0.05, 0.1) is 17.0 Å². The van der Waals surface area contributed by atoms with Crippen LogP contribution in [0.2, 0.25) is 0 Å². The molecule has 1 aliphatic carbocycles. The van der Waals surface area contributed by atoms with Crippen molar-refractivity contribution in [3.05, 3.63) is 28.2 Å². The van der Waals surface area contributed by atoms with Gasteiger partial charge in [-0.1, -0.05) is 5.92 Å². The molecule has 1 saturated carbocycles. The van der Waals surface area contributed by atoms with Crippen LogP contribution in [0.1, 0.15) is 23.2 Å². The number of nitrogens with zero attached hydrogens (tertiary/aromatic N) is 1. The highest BCUT2D eigenvalue weighted by atomic mass is 79.9. The van der Waals surface area contributed by atoms with Gasteiger partial charge < -0.3 is 5.11 Å². The van der Waals surface area contributed by atoms with E-state index in [1.165, 1.54) is 16.4 Å². The van der Waals surface area contributed by atoms with E-state index in [9.17, 15) is 13.2 Å². The number of sulfonamides is 1. The maximum absolute atomic E-state index is 12.7. The topological polar surface area (TPSA) is 74.7 Å². The van der Waals surface area contributed by atoms with Gasteiger partial charge in [0.15, 0.2) is 0 Å². The van der Waals surface area contributed by atoms with Crippen LogP contribution in [-0.4, -0.2) is 36.9 Å². The summed E-state index contributed by atoms with van der Waals surface area (Å²) in [6.45, 7) is 0.346. The molecule has 21 heavy (non-hydrogen) atoms. The average molecular weight is 372 g/mol. The normalized spacial score (nSPS) is 14.9. The Balaban J connectivity index is 2.43. The van der Waals surface area contributed by atoms with E-state index in [0.717, 1.165) is 18.9 Å². The first-order valence-electron chi connectivity index (χ1n) is 6.32. The second-order valence-electron chi connectivity index (χ2n) is 4.90. The zero-order valence-corrected chi connectivity index (χ0v) is 13.5. The maximum Gasteiger partial charge on any atom is 0.335 e. The van der Waals surface area contributed by atoms with Crippen LogP contribution in [0.15, 0.2) is 27.6 Å². The molecule has 0 unspecified atom stereocenters. The highest BCUT2D eigenvalue weighted by molar-refractivity contribution is 9.10. The number of halogens is 1. The zero-order chi connectivity index (χ0) is 15.6. The lowest BCUT2D eigenvalue weighted by molar-refractivity contribution is 0.0696. The highest BCUT2D eigenvalue weighted by Gasteiger charge is 2.32. The van der Waals surface area contributed by atoms with E-state index in [4.69, 9.17) is 11.5 Å². The Morgan fingerprint density at radius 1 is 1.48 bits per heavy atom. The second-order valence-corrected chi connectivity index (χ2v) is 7.66. The molecule has 1 aromatic carbocycles. The number of hydrogen-bond donors (Lipinski definition) is 1. The minimum Gasteiger partial charge on any atom is -0.478 e. The summed E-state index contributed by atoms with van der Waals surface area (Å²) in [5, 5.41) is 9.01. The lowest BCUT2D eigenvalue weighted by atomic mass is 10.2. The number of carbonyl (C=O) groups is 1. The Bertz CT molecular complexity index is 704. The molecule has 1 aromatic rings. The van der Waals surface area contributed by atoms with Gasteiger partial charge in [0.25, 0.3) is 0 Å². The molecule has 0 aromatic heterocycles. The standard InChI is InChI=1S/C14H14BrNO4S/c1-2-7-16(9-10-3-4-10)21(19,20)13-8-11(14(17)18)5-6-12(13)15/h1,5-6,8,10H,3-4,7,9H2,(H,17,18). The molecule has 5 nitrogen and oxygen atoms in total. The van der Waals surface area contributed by atoms with E-state index in [1.54, 1.807) is 0 Å². The Hall–Kier alpha value is -1.36. The maximum atomic E-state index is 12.7. The summed E-state index contributed by atoms with van der Waals surface area (Å²) in [7, 11) is -3.82. The molecule has 1 aliphatic rings. The monoisotopic (exact) mass is 371 g/mol. The zero-order valence-electron chi connectivity index (χ0n) is 11.1. The minimum absolute atomic E-state index is 0.0252. The van der Waals surface area contributed by atoms with Crippen LogP contribution in [0, 0.1) is 18.3 Å². The quantitative estimate of drug-likeness (QED) is 0.777. The van der Waals surface area contributed by atoms with Crippen molar-refractivity contribution in [2.45, 2.75) is 17.7 Å². The van der Waals surface area contributed by atoms with Gasteiger partial charge in [-0.2, -0.15) is 4.31 Å². The van der Waals surface area contributed by atoms with Gasteiger partial charge in [-0.3, -0.25) is 0 Å². The molecule has 0 heterocycles. The number of hydrogen-bond acceptors (Lipinski definition) is 3. The van der Waals surface area contributed by atoms with Gasteiger partial charge in [-0.05, 0) is 52.9 Å². The molecular formula is C14H14BrNO4S. The summed E-state index contributed by atoms with van der Waals surface area (Å²) in [5.74, 6) is 1.51. The molecule has 0 bridgehead atoms. The Morgan fingerprint density at radius 2 is 2.14 bits per heavy atom. The fourth-order valence-electron chi connectivity index (χ4n) is 1.91. The van der Waals surface area contributed by atoms with E-state index < -0.39 is 16.0 Å². The molecule has 0 aliphatic heterocycles. The Kier molecular flexibility index (Phi) is 4.71. The predicted octanol–water partition coefficient (Wildman–Crippen LogP) is 2.18. The SMILES string of the molecule is C#CCN(CC1CC1)S(=O)(=O)c1cc(C(=O)O)ccc1Br. The largest absolute Gasteiger partial charge is 0.478 e. The predicted molar refractivity (Wildman–Crippen MR) is 81.4 cm³/mol. The lowest BCUT2D eigenvalue weighted by Crippen LogP contribution is -2.33. The fraction of sp³-hybridized carbons (Fsp3) is 0.357. The lowest BCUT2D eigenvalue weighted by Gasteiger charge is -2.20. The number of terminal acetylenes is 1. The molecule has 7 heteroatoms. The van der Waals surface area contributed by atoms with E-state index in [-0.39, 0.29) is 17.0 Å². The summed E-state index contributed by atoms with van der Waals surface area (Å²) < 4.78 is 26.9. The Morgan fingerprint density at radius 3 is 2.67 bits per heavy atom. The molecule has 0 amide bonds. The summed E-state index contributed by atoms with van der Waals surface area (Å²) in [6.07, 6.45) is 7.24. The van der Waals surface area contributed by atoms with Crippen molar-refractivity contribution in [1.29, 1.82) is 0 Å². The molecule has 0 spiro atoms. The first kappa shape index (κ1) is 16.0. The van der Waals surface area contributed by atoms with Crippen LogP contribution in [0.3, 0.4) is 0 Å². The summed E-state index contributed by atoms with van der Waals surface area (Å²) in [6, 6.07) is 3.91. The van der Waals surface area contributed by atoms with Gasteiger partial charge in [0.2, 0.25) is 10.0 Å². The van der Waals surface area contributed by atoms with Crippen LogP contribution in [0.5, 0.6) is 0 Å². The van der Waals surface area contributed by atoms with E-state index >= 15 is 0 Å². The average Bonchev–Trinajstić information content (AvgIpc) is 3.22. The van der Waals surface area contributed by atoms with Gasteiger partial charge >= 0.3 is 5.97 Å². The van der Waals surface area contributed by atoms with Crippen molar-refractivity contribution < 1.29 is 18.3 Å². The third-order valence-electron chi connectivity index (χ3n) is 3.22. The number of rotatable bonds is 6. The molecule has 1 N–H and O–H groups in total. The molecule has 0 atom stereocenters. The molecule has 0 radical (unpaired) electrons. The highest BCUT2D eigenvalue weighted by Crippen LogP contribution is 2.33. The van der Waals surface area contributed by atoms with Gasteiger partial charge in [0, 0.05) is 11.0 Å². The van der Waals surface area contributed by atoms with Crippen LogP contribution < -0.4 is 0 Å². The fourth-order valence-corrected chi connectivity index (χ4v) is 4.29. The van der Waals surface area contributed by atoms with E-state index in [0.29, 0.717) is 16.9 Å². The van der Waals surface area contributed by atoms with Crippen molar-refractivity contribution in [2.24, 2.45) is 5.92 Å². The first-order chi connectivity index (χ1) is 9.86. The molecule has 2 rings (SSSR count). The van der Waals surface area contributed by atoms with Crippen molar-refractivity contribution in [1.82, 2.24) is 4.31 Å². The third-order valence-corrected chi connectivity index (χ3v) is 6.03. The Labute approximate surface area is 132 Å². The van der Waals surface area contributed by atoms with Crippen LogP contribution in [0.25, 0.3) is 0 Å². The number of carboxylic acid groups (broad SMARTS) is 1. The van der Waals surface area contributed by atoms with Gasteiger partial charge in [-0.25, -0.2) is 13.2 Å². The van der Waals surface area contributed by atoms with Crippen molar-refractivity contribution in [2.75, 3.05) is 13.1 Å². The molecule has 1 fully saturated rings.